The van der Waals surface area contributed by atoms with Gasteiger partial charge in [-0.15, -0.1) is 22.7 Å². The molecule has 1 aliphatic rings. The minimum absolute atomic E-state index is 0.0349. The van der Waals surface area contributed by atoms with Gasteiger partial charge in [-0.3, -0.25) is 4.79 Å². The monoisotopic (exact) mass is 431 g/mol. The summed E-state index contributed by atoms with van der Waals surface area (Å²) in [6, 6.07) is 20.7. The smallest absolute Gasteiger partial charge is 0.230 e. The summed E-state index contributed by atoms with van der Waals surface area (Å²) in [5.74, 6) is -0.0349. The molecule has 0 radical (unpaired) electrons. The molecule has 4 aromatic rings. The average molecular weight is 432 g/mol. The highest BCUT2D eigenvalue weighted by Gasteiger charge is 2.19. The van der Waals surface area contributed by atoms with Gasteiger partial charge in [-0.2, -0.15) is 0 Å². The first-order valence-corrected chi connectivity index (χ1v) is 11.7. The van der Waals surface area contributed by atoms with Crippen LogP contribution in [0.2, 0.25) is 0 Å². The van der Waals surface area contributed by atoms with E-state index in [2.05, 4.69) is 51.6 Å². The van der Waals surface area contributed by atoms with Gasteiger partial charge in [-0.25, -0.2) is 4.98 Å². The van der Waals surface area contributed by atoms with Gasteiger partial charge in [0.2, 0.25) is 5.91 Å². The molecule has 0 unspecified atom stereocenters. The molecule has 5 rings (SSSR count). The van der Waals surface area contributed by atoms with Crippen LogP contribution in [0.25, 0.3) is 9.88 Å². The number of hydrogen-bond donors (Lipinski definition) is 1. The Labute approximate surface area is 183 Å². The van der Waals surface area contributed by atoms with Crippen LogP contribution >= 0.6 is 22.7 Å². The average Bonchev–Trinajstić information content (AvgIpc) is 3.51. The zero-order valence-electron chi connectivity index (χ0n) is 16.4. The number of hydrogen-bond acceptors (Lipinski definition) is 5. The van der Waals surface area contributed by atoms with Crippen LogP contribution in [0.15, 0.2) is 71.4 Å². The Balaban J connectivity index is 1.27. The number of thiophene rings is 1. The second-order valence-corrected chi connectivity index (χ2v) is 9.11. The van der Waals surface area contributed by atoms with E-state index in [1.807, 2.05) is 35.0 Å². The van der Waals surface area contributed by atoms with E-state index in [1.54, 1.807) is 22.7 Å². The molecule has 0 fully saturated rings. The van der Waals surface area contributed by atoms with E-state index in [1.165, 1.54) is 11.3 Å². The van der Waals surface area contributed by atoms with Crippen molar-refractivity contribution in [2.45, 2.75) is 19.4 Å². The third-order valence-electron chi connectivity index (χ3n) is 5.26. The van der Waals surface area contributed by atoms with Gasteiger partial charge in [0.25, 0.3) is 0 Å². The van der Waals surface area contributed by atoms with E-state index in [0.29, 0.717) is 0 Å². The maximum atomic E-state index is 12.7. The van der Waals surface area contributed by atoms with Crippen molar-refractivity contribution in [2.75, 3.05) is 16.8 Å². The van der Waals surface area contributed by atoms with E-state index >= 15 is 0 Å². The molecule has 0 atom stereocenters. The fraction of sp³-hybridized carbons (Fsp3) is 0.167. The Hall–Kier alpha value is -2.96. The zero-order valence-corrected chi connectivity index (χ0v) is 18.0. The van der Waals surface area contributed by atoms with Crippen LogP contribution in [0.5, 0.6) is 0 Å². The predicted molar refractivity (Wildman–Crippen MR) is 125 cm³/mol. The van der Waals surface area contributed by atoms with E-state index < -0.39 is 0 Å². The van der Waals surface area contributed by atoms with Gasteiger partial charge in [-0.05, 0) is 41.1 Å². The third-order valence-corrected chi connectivity index (χ3v) is 7.19. The molecule has 1 aliphatic heterocycles. The van der Waals surface area contributed by atoms with Crippen molar-refractivity contribution in [3.63, 3.8) is 0 Å². The fourth-order valence-corrected chi connectivity index (χ4v) is 5.45. The van der Waals surface area contributed by atoms with Crippen LogP contribution in [0.3, 0.4) is 0 Å². The summed E-state index contributed by atoms with van der Waals surface area (Å²) in [7, 11) is 0. The maximum Gasteiger partial charge on any atom is 0.230 e. The topological polar surface area (TPSA) is 45.2 Å². The highest BCUT2D eigenvalue weighted by Crippen LogP contribution is 2.31. The molecule has 0 bridgehead atoms. The Morgan fingerprint density at radius 3 is 2.80 bits per heavy atom. The molecule has 0 saturated heterocycles. The lowest BCUT2D eigenvalue weighted by atomic mass is 10.1. The molecule has 1 N–H and O–H groups in total. The van der Waals surface area contributed by atoms with E-state index in [9.17, 15) is 4.79 Å². The molecule has 0 spiro atoms. The second-order valence-electron chi connectivity index (χ2n) is 7.30. The number of rotatable bonds is 6. The lowest BCUT2D eigenvalue weighted by molar-refractivity contribution is -0.115. The van der Waals surface area contributed by atoms with Crippen molar-refractivity contribution >= 4 is 40.0 Å². The number of carbonyl (C=O) groups excluding carboxylic acids is 1. The molecule has 30 heavy (non-hydrogen) atoms. The molecule has 6 heteroatoms. The first kappa shape index (κ1) is 19.0. The van der Waals surface area contributed by atoms with Crippen molar-refractivity contribution < 1.29 is 4.79 Å². The van der Waals surface area contributed by atoms with E-state index in [-0.39, 0.29) is 12.3 Å². The van der Waals surface area contributed by atoms with Crippen molar-refractivity contribution in [3.05, 3.63) is 88.2 Å². The number of aromatic nitrogens is 1. The Morgan fingerprint density at radius 1 is 1.03 bits per heavy atom. The first-order valence-electron chi connectivity index (χ1n) is 9.95. The number of benzene rings is 2. The van der Waals surface area contributed by atoms with Crippen molar-refractivity contribution in [3.8, 4) is 9.88 Å². The highest BCUT2D eigenvalue weighted by molar-refractivity contribution is 7.20. The molecule has 0 aliphatic carbocycles. The number of carbonyl (C=O) groups is 1. The molecule has 4 nitrogen and oxygen atoms in total. The largest absolute Gasteiger partial charge is 0.367 e. The lowest BCUT2D eigenvalue weighted by Crippen LogP contribution is -2.22. The summed E-state index contributed by atoms with van der Waals surface area (Å²) in [4.78, 5) is 20.9. The zero-order chi connectivity index (χ0) is 20.3. The van der Waals surface area contributed by atoms with E-state index in [4.69, 9.17) is 0 Å². The van der Waals surface area contributed by atoms with Crippen LogP contribution in [0, 0.1) is 0 Å². The van der Waals surface area contributed by atoms with Gasteiger partial charge >= 0.3 is 0 Å². The van der Waals surface area contributed by atoms with Crippen LogP contribution in [0.1, 0.15) is 16.8 Å². The van der Waals surface area contributed by atoms with Crippen molar-refractivity contribution in [1.29, 1.82) is 0 Å². The number of amides is 1. The maximum absolute atomic E-state index is 12.7. The lowest BCUT2D eigenvalue weighted by Gasteiger charge is -2.21. The van der Waals surface area contributed by atoms with Gasteiger partial charge in [0, 0.05) is 29.8 Å². The number of nitrogens with zero attached hydrogens (tertiary/aromatic N) is 2. The molecular weight excluding hydrogens is 410 g/mol. The van der Waals surface area contributed by atoms with Crippen LogP contribution in [-0.4, -0.2) is 17.4 Å². The second kappa shape index (κ2) is 8.42. The number of anilines is 2. The van der Waals surface area contributed by atoms with Crippen LogP contribution in [-0.2, 0) is 24.2 Å². The van der Waals surface area contributed by atoms with Gasteiger partial charge in [0.1, 0.15) is 5.01 Å². The summed E-state index contributed by atoms with van der Waals surface area (Å²) in [6.45, 7) is 1.79. The van der Waals surface area contributed by atoms with Crippen molar-refractivity contribution in [1.82, 2.24) is 4.98 Å². The Kier molecular flexibility index (Phi) is 5.34. The first-order chi connectivity index (χ1) is 14.8. The minimum atomic E-state index is -0.0349. The van der Waals surface area contributed by atoms with Crippen LogP contribution < -0.4 is 10.2 Å². The molecule has 1 amide bonds. The summed E-state index contributed by atoms with van der Waals surface area (Å²) >= 11 is 3.25. The number of nitrogens with one attached hydrogen (secondary N) is 1. The minimum Gasteiger partial charge on any atom is -0.367 e. The van der Waals surface area contributed by atoms with Crippen molar-refractivity contribution in [2.24, 2.45) is 0 Å². The van der Waals surface area contributed by atoms with Gasteiger partial charge in [0.15, 0.2) is 0 Å². The number of para-hydroxylation sites is 2. The van der Waals surface area contributed by atoms with Gasteiger partial charge in [-0.1, -0.05) is 42.5 Å². The fourth-order valence-electron chi connectivity index (χ4n) is 3.82. The summed E-state index contributed by atoms with van der Waals surface area (Å²) in [6.07, 6.45) is 1.35. The standard InChI is InChI=1S/C24H21N3OS2/c28-23(14-19-16-30-24(25-19)22-10-5-13-29-22)26-20-8-3-1-7-18(20)15-27-12-11-17-6-2-4-9-21(17)27/h1-10,13,16H,11-12,14-15H2,(H,26,28). The SMILES string of the molecule is O=C(Cc1csc(-c2cccs2)n1)Nc1ccccc1CN1CCc2ccccc21. The molecular formula is C24H21N3OS2. The normalized spacial score (nSPS) is 12.7. The molecule has 3 heterocycles. The van der Waals surface area contributed by atoms with E-state index in [0.717, 1.165) is 46.3 Å². The van der Waals surface area contributed by atoms with Crippen LogP contribution in [0.4, 0.5) is 11.4 Å². The number of thiazole rings is 1. The molecule has 2 aromatic carbocycles. The molecule has 0 saturated carbocycles. The van der Waals surface area contributed by atoms with Gasteiger partial charge in [0.05, 0.1) is 17.0 Å². The predicted octanol–water partition coefficient (Wildman–Crippen LogP) is 5.62. The molecule has 150 valence electrons. The third kappa shape index (κ3) is 4.01. The Morgan fingerprint density at radius 2 is 1.90 bits per heavy atom. The quantitative estimate of drug-likeness (QED) is 0.431. The Bertz CT molecular complexity index is 1170. The highest BCUT2D eigenvalue weighted by atomic mass is 32.1. The summed E-state index contributed by atoms with van der Waals surface area (Å²) in [5.41, 5.74) is 5.50. The van der Waals surface area contributed by atoms with Gasteiger partial charge < -0.3 is 10.2 Å². The summed E-state index contributed by atoms with van der Waals surface area (Å²) < 4.78 is 0. The summed E-state index contributed by atoms with van der Waals surface area (Å²) in [5, 5.41) is 8.09. The number of fused-ring (bicyclic) bond motifs is 1. The molecule has 2 aromatic heterocycles.